The van der Waals surface area contributed by atoms with Crippen LogP contribution in [0.25, 0.3) is 0 Å². The molecule has 0 amide bonds. The molecule has 16 heavy (non-hydrogen) atoms. The highest BCUT2D eigenvalue weighted by Gasteiger charge is 2.08. The van der Waals surface area contributed by atoms with Gasteiger partial charge in [-0.15, -0.1) is 0 Å². The van der Waals surface area contributed by atoms with E-state index in [0.717, 1.165) is 38.8 Å². The molecule has 0 aromatic rings. The second-order valence-electron chi connectivity index (χ2n) is 4.91. The van der Waals surface area contributed by atoms with Crippen LogP contribution in [-0.2, 0) is 4.74 Å². The number of rotatable bonds is 10. The zero-order valence-corrected chi connectivity index (χ0v) is 11.8. The molecule has 0 rings (SSSR count). The molecule has 0 saturated carbocycles. The lowest BCUT2D eigenvalue weighted by molar-refractivity contribution is 0.108. The van der Waals surface area contributed by atoms with E-state index in [9.17, 15) is 0 Å². The fourth-order valence-corrected chi connectivity index (χ4v) is 1.50. The van der Waals surface area contributed by atoms with Gasteiger partial charge in [0.15, 0.2) is 0 Å². The van der Waals surface area contributed by atoms with Gasteiger partial charge in [0.2, 0.25) is 0 Å². The minimum Gasteiger partial charge on any atom is -0.380 e. The average Bonchev–Trinajstić information content (AvgIpc) is 2.24. The van der Waals surface area contributed by atoms with Gasteiger partial charge in [-0.05, 0) is 46.3 Å². The Kier molecular flexibility index (Phi) is 9.99. The Morgan fingerprint density at radius 2 is 1.94 bits per heavy atom. The van der Waals surface area contributed by atoms with E-state index in [0.29, 0.717) is 6.04 Å². The molecule has 0 radical (unpaired) electrons. The second-order valence-corrected chi connectivity index (χ2v) is 4.91. The molecule has 0 saturated heterocycles. The van der Waals surface area contributed by atoms with E-state index in [4.69, 9.17) is 4.74 Å². The van der Waals surface area contributed by atoms with Crippen LogP contribution in [0, 0.1) is 5.92 Å². The summed E-state index contributed by atoms with van der Waals surface area (Å²) in [7, 11) is 2.17. The molecule has 0 heterocycles. The summed E-state index contributed by atoms with van der Waals surface area (Å²) in [6, 6.07) is 0.625. The summed E-state index contributed by atoms with van der Waals surface area (Å²) in [5.74, 6) is 0.742. The molecule has 98 valence electrons. The first kappa shape index (κ1) is 15.9. The number of hydrogen-bond donors (Lipinski definition) is 1. The van der Waals surface area contributed by atoms with Gasteiger partial charge in [-0.2, -0.15) is 0 Å². The summed E-state index contributed by atoms with van der Waals surface area (Å²) in [4.78, 5) is 2.37. The lowest BCUT2D eigenvalue weighted by atomic mass is 10.2. The van der Waals surface area contributed by atoms with Gasteiger partial charge in [-0.25, -0.2) is 0 Å². The third-order valence-electron chi connectivity index (χ3n) is 2.84. The predicted octanol–water partition coefficient (Wildman–Crippen LogP) is 1.98. The Morgan fingerprint density at radius 1 is 1.25 bits per heavy atom. The van der Waals surface area contributed by atoms with Gasteiger partial charge in [0.25, 0.3) is 0 Å². The molecule has 3 nitrogen and oxygen atoms in total. The first-order valence-corrected chi connectivity index (χ1v) is 6.56. The maximum atomic E-state index is 5.35. The summed E-state index contributed by atoms with van der Waals surface area (Å²) in [6.45, 7) is 13.7. The van der Waals surface area contributed by atoms with Crippen LogP contribution in [0.2, 0.25) is 0 Å². The molecule has 0 spiro atoms. The highest BCUT2D eigenvalue weighted by molar-refractivity contribution is 4.65. The fraction of sp³-hybridized carbons (Fsp3) is 1.00. The van der Waals surface area contributed by atoms with Crippen molar-refractivity contribution in [3.8, 4) is 0 Å². The highest BCUT2D eigenvalue weighted by atomic mass is 16.5. The largest absolute Gasteiger partial charge is 0.380 e. The smallest absolute Gasteiger partial charge is 0.0593 e. The molecular formula is C13H30N2O. The standard InChI is InChI=1S/C13H30N2O/c1-6-16-10-9-15(5)13(4)7-8-14-11-12(2)3/h12-14H,6-11H2,1-5H3. The molecule has 0 aromatic heterocycles. The molecule has 0 fully saturated rings. The lowest BCUT2D eigenvalue weighted by Crippen LogP contribution is -2.35. The van der Waals surface area contributed by atoms with Crippen LogP contribution >= 0.6 is 0 Å². The van der Waals surface area contributed by atoms with E-state index in [1.54, 1.807) is 0 Å². The number of nitrogens with one attached hydrogen (secondary N) is 1. The maximum Gasteiger partial charge on any atom is 0.0593 e. The third kappa shape index (κ3) is 9.13. The van der Waals surface area contributed by atoms with Crippen molar-refractivity contribution >= 4 is 0 Å². The van der Waals surface area contributed by atoms with Gasteiger partial charge < -0.3 is 15.0 Å². The molecule has 3 heteroatoms. The summed E-state index contributed by atoms with van der Waals surface area (Å²) in [6.07, 6.45) is 1.20. The Hall–Kier alpha value is -0.120. The van der Waals surface area contributed by atoms with E-state index in [1.807, 2.05) is 6.92 Å². The van der Waals surface area contributed by atoms with Crippen molar-refractivity contribution in [1.82, 2.24) is 10.2 Å². The van der Waals surface area contributed by atoms with Gasteiger partial charge in [0.05, 0.1) is 6.61 Å². The Bertz CT molecular complexity index is 151. The number of likely N-dealkylation sites (N-methyl/N-ethyl adjacent to an activating group) is 1. The predicted molar refractivity (Wildman–Crippen MR) is 70.9 cm³/mol. The van der Waals surface area contributed by atoms with Crippen LogP contribution < -0.4 is 5.32 Å². The van der Waals surface area contributed by atoms with Gasteiger partial charge in [0.1, 0.15) is 0 Å². The quantitative estimate of drug-likeness (QED) is 0.581. The Balaban J connectivity index is 3.43. The van der Waals surface area contributed by atoms with Crippen molar-refractivity contribution in [1.29, 1.82) is 0 Å². The molecular weight excluding hydrogens is 200 g/mol. The molecule has 1 unspecified atom stereocenters. The third-order valence-corrected chi connectivity index (χ3v) is 2.84. The molecule has 0 aliphatic heterocycles. The Morgan fingerprint density at radius 3 is 2.50 bits per heavy atom. The molecule has 0 bridgehead atoms. The molecule has 0 aromatic carbocycles. The Labute approximate surface area is 102 Å². The van der Waals surface area contributed by atoms with Gasteiger partial charge in [-0.1, -0.05) is 13.8 Å². The molecule has 0 aliphatic carbocycles. The number of ether oxygens (including phenoxy) is 1. The number of nitrogens with zero attached hydrogens (tertiary/aromatic N) is 1. The summed E-state index contributed by atoms with van der Waals surface area (Å²) in [5.41, 5.74) is 0. The van der Waals surface area contributed by atoms with Crippen LogP contribution in [0.4, 0.5) is 0 Å². The van der Waals surface area contributed by atoms with Crippen molar-refractivity contribution in [2.24, 2.45) is 5.92 Å². The lowest BCUT2D eigenvalue weighted by Gasteiger charge is -2.24. The topological polar surface area (TPSA) is 24.5 Å². The zero-order valence-electron chi connectivity index (χ0n) is 11.8. The van der Waals surface area contributed by atoms with E-state index in [1.165, 1.54) is 6.42 Å². The van der Waals surface area contributed by atoms with Crippen LogP contribution in [0.5, 0.6) is 0 Å². The van der Waals surface area contributed by atoms with Crippen LogP contribution in [0.3, 0.4) is 0 Å². The number of hydrogen-bond acceptors (Lipinski definition) is 3. The first-order valence-electron chi connectivity index (χ1n) is 6.56. The van der Waals surface area contributed by atoms with Crippen LogP contribution in [-0.4, -0.2) is 50.8 Å². The SMILES string of the molecule is CCOCCN(C)C(C)CCNCC(C)C. The minimum absolute atomic E-state index is 0.625. The van der Waals surface area contributed by atoms with Crippen molar-refractivity contribution < 1.29 is 4.74 Å². The monoisotopic (exact) mass is 230 g/mol. The van der Waals surface area contributed by atoms with E-state index in [2.05, 4.69) is 38.0 Å². The normalized spacial score (nSPS) is 13.7. The average molecular weight is 230 g/mol. The summed E-state index contributed by atoms with van der Waals surface area (Å²) < 4.78 is 5.35. The van der Waals surface area contributed by atoms with Crippen molar-refractivity contribution in [3.63, 3.8) is 0 Å². The second kappa shape index (κ2) is 10.1. The van der Waals surface area contributed by atoms with Crippen molar-refractivity contribution in [3.05, 3.63) is 0 Å². The maximum absolute atomic E-state index is 5.35. The zero-order chi connectivity index (χ0) is 12.4. The van der Waals surface area contributed by atoms with E-state index < -0.39 is 0 Å². The van der Waals surface area contributed by atoms with Crippen molar-refractivity contribution in [2.75, 3.05) is 39.9 Å². The fourth-order valence-electron chi connectivity index (χ4n) is 1.50. The van der Waals surface area contributed by atoms with E-state index >= 15 is 0 Å². The molecule has 1 atom stereocenters. The highest BCUT2D eigenvalue weighted by Crippen LogP contribution is 2.00. The van der Waals surface area contributed by atoms with Gasteiger partial charge >= 0.3 is 0 Å². The first-order chi connectivity index (χ1) is 7.57. The van der Waals surface area contributed by atoms with Crippen LogP contribution in [0.15, 0.2) is 0 Å². The summed E-state index contributed by atoms with van der Waals surface area (Å²) >= 11 is 0. The van der Waals surface area contributed by atoms with Gasteiger partial charge in [0, 0.05) is 19.2 Å². The van der Waals surface area contributed by atoms with Gasteiger partial charge in [-0.3, -0.25) is 0 Å². The van der Waals surface area contributed by atoms with Crippen molar-refractivity contribution in [2.45, 2.75) is 40.2 Å². The molecule has 1 N–H and O–H groups in total. The summed E-state index contributed by atoms with van der Waals surface area (Å²) in [5, 5.41) is 3.48. The minimum atomic E-state index is 0.625. The van der Waals surface area contributed by atoms with E-state index in [-0.39, 0.29) is 0 Å². The van der Waals surface area contributed by atoms with Crippen LogP contribution in [0.1, 0.15) is 34.1 Å². The molecule has 0 aliphatic rings.